The summed E-state index contributed by atoms with van der Waals surface area (Å²) in [6, 6.07) is 1.80. The smallest absolute Gasteiger partial charge is 0.236 e. The van der Waals surface area contributed by atoms with Crippen molar-refractivity contribution in [3.63, 3.8) is 0 Å². The van der Waals surface area contributed by atoms with Gasteiger partial charge in [0.1, 0.15) is 0 Å². The van der Waals surface area contributed by atoms with Crippen LogP contribution in [0, 0.1) is 0 Å². The molecule has 1 aliphatic rings. The van der Waals surface area contributed by atoms with Crippen LogP contribution in [0.2, 0.25) is 5.28 Å². The normalized spacial score (nSPS) is 16.2. The van der Waals surface area contributed by atoms with Gasteiger partial charge in [0, 0.05) is 0 Å². The molecule has 0 aliphatic carbocycles. The standard InChI is InChI=1S/C10H6ClN3O2S/c11-10-12-6-1-2-17-8(6)9(13-10)14-4-5(15)3-7(14)16/h1-2H,3-4H2. The second-order valence-electron chi connectivity index (χ2n) is 3.65. The number of rotatable bonds is 1. The predicted octanol–water partition coefficient (Wildman–Crippen LogP) is 1.65. The summed E-state index contributed by atoms with van der Waals surface area (Å²) in [5.74, 6) is 0.0970. The number of halogens is 1. The largest absolute Gasteiger partial charge is 0.297 e. The number of carbonyl (C=O) groups excluding carboxylic acids is 2. The quantitative estimate of drug-likeness (QED) is 0.582. The Bertz CT molecular complexity index is 640. The number of hydrogen-bond acceptors (Lipinski definition) is 5. The van der Waals surface area contributed by atoms with Gasteiger partial charge in [-0.05, 0) is 23.0 Å². The van der Waals surface area contributed by atoms with Crippen molar-refractivity contribution in [1.29, 1.82) is 0 Å². The molecule has 0 bridgehead atoms. The molecule has 1 fully saturated rings. The summed E-state index contributed by atoms with van der Waals surface area (Å²) < 4.78 is 0.775. The average molecular weight is 268 g/mol. The number of ketones is 1. The van der Waals surface area contributed by atoms with Gasteiger partial charge in [-0.1, -0.05) is 0 Å². The molecule has 3 heterocycles. The highest BCUT2D eigenvalue weighted by Crippen LogP contribution is 2.31. The van der Waals surface area contributed by atoms with Gasteiger partial charge in [0.15, 0.2) is 11.6 Å². The molecule has 0 saturated carbocycles. The lowest BCUT2D eigenvalue weighted by atomic mass is 10.3. The summed E-state index contributed by atoms with van der Waals surface area (Å²) in [5.41, 5.74) is 0.692. The SMILES string of the molecule is O=C1CC(=O)N(c2nc(Cl)nc3ccsc23)C1. The van der Waals surface area contributed by atoms with Crippen molar-refractivity contribution in [3.8, 4) is 0 Å². The van der Waals surface area contributed by atoms with E-state index in [1.54, 1.807) is 6.07 Å². The van der Waals surface area contributed by atoms with Crippen molar-refractivity contribution in [1.82, 2.24) is 9.97 Å². The molecule has 0 spiro atoms. The Morgan fingerprint density at radius 3 is 2.88 bits per heavy atom. The second-order valence-corrected chi connectivity index (χ2v) is 4.90. The lowest BCUT2D eigenvalue weighted by Crippen LogP contribution is -2.25. The highest BCUT2D eigenvalue weighted by Gasteiger charge is 2.31. The van der Waals surface area contributed by atoms with Crippen molar-refractivity contribution < 1.29 is 9.59 Å². The molecular formula is C10H6ClN3O2S. The molecule has 0 atom stereocenters. The van der Waals surface area contributed by atoms with Gasteiger partial charge in [0.2, 0.25) is 11.2 Å². The summed E-state index contributed by atoms with van der Waals surface area (Å²) in [6.07, 6.45) is -0.0610. The summed E-state index contributed by atoms with van der Waals surface area (Å²) in [6.45, 7) is 0.0686. The zero-order valence-electron chi connectivity index (χ0n) is 8.51. The van der Waals surface area contributed by atoms with Gasteiger partial charge in [-0.2, -0.15) is 4.98 Å². The first-order valence-corrected chi connectivity index (χ1v) is 6.14. The van der Waals surface area contributed by atoms with E-state index in [-0.39, 0.29) is 29.9 Å². The summed E-state index contributed by atoms with van der Waals surface area (Å²) in [4.78, 5) is 32.4. The predicted molar refractivity (Wildman–Crippen MR) is 64.4 cm³/mol. The molecule has 0 aromatic carbocycles. The first-order chi connectivity index (χ1) is 8.15. The summed E-state index contributed by atoms with van der Waals surface area (Å²) in [7, 11) is 0. The maximum Gasteiger partial charge on any atom is 0.236 e. The summed E-state index contributed by atoms with van der Waals surface area (Å²) in [5, 5.41) is 1.93. The molecule has 5 nitrogen and oxygen atoms in total. The fraction of sp³-hybridized carbons (Fsp3) is 0.200. The third-order valence-corrected chi connectivity index (χ3v) is 3.57. The van der Waals surface area contributed by atoms with Crippen LogP contribution < -0.4 is 4.90 Å². The Balaban J connectivity index is 2.19. The third kappa shape index (κ3) is 1.69. The zero-order valence-corrected chi connectivity index (χ0v) is 10.1. The molecule has 7 heteroatoms. The molecule has 2 aromatic heterocycles. The van der Waals surface area contributed by atoms with Crippen LogP contribution in [-0.4, -0.2) is 28.2 Å². The number of carbonyl (C=O) groups is 2. The van der Waals surface area contributed by atoms with Crippen molar-refractivity contribution in [2.24, 2.45) is 0 Å². The van der Waals surface area contributed by atoms with E-state index in [2.05, 4.69) is 9.97 Å². The molecule has 17 heavy (non-hydrogen) atoms. The number of anilines is 1. The number of aromatic nitrogens is 2. The Hall–Kier alpha value is -1.53. The average Bonchev–Trinajstić information content (AvgIpc) is 2.83. The monoisotopic (exact) mass is 267 g/mol. The maximum absolute atomic E-state index is 11.7. The molecular weight excluding hydrogens is 262 g/mol. The first kappa shape index (κ1) is 10.6. The second kappa shape index (κ2) is 3.75. The minimum atomic E-state index is -0.237. The minimum Gasteiger partial charge on any atom is -0.297 e. The fourth-order valence-corrected chi connectivity index (χ4v) is 2.78. The van der Waals surface area contributed by atoms with Crippen molar-refractivity contribution >= 4 is 50.7 Å². The molecule has 1 aliphatic heterocycles. The number of hydrogen-bond donors (Lipinski definition) is 0. The molecule has 0 radical (unpaired) electrons. The highest BCUT2D eigenvalue weighted by molar-refractivity contribution is 7.17. The van der Waals surface area contributed by atoms with Crippen molar-refractivity contribution in [3.05, 3.63) is 16.7 Å². The van der Waals surface area contributed by atoms with Crippen LogP contribution in [0.3, 0.4) is 0 Å². The molecule has 2 aromatic rings. The van der Waals surface area contributed by atoms with E-state index in [0.717, 1.165) is 4.70 Å². The van der Waals surface area contributed by atoms with Gasteiger partial charge in [-0.25, -0.2) is 4.98 Å². The van der Waals surface area contributed by atoms with Gasteiger partial charge in [0.25, 0.3) is 0 Å². The number of fused-ring (bicyclic) bond motifs is 1. The Labute approximate surface area is 105 Å². The van der Waals surface area contributed by atoms with Gasteiger partial charge >= 0.3 is 0 Å². The van der Waals surface area contributed by atoms with E-state index in [9.17, 15) is 9.59 Å². The van der Waals surface area contributed by atoms with E-state index >= 15 is 0 Å². The number of thiophene rings is 1. The lowest BCUT2D eigenvalue weighted by Gasteiger charge is -2.13. The van der Waals surface area contributed by atoms with Gasteiger partial charge in [-0.15, -0.1) is 11.3 Å². The van der Waals surface area contributed by atoms with Crippen LogP contribution in [0.1, 0.15) is 6.42 Å². The van der Waals surface area contributed by atoms with Crippen LogP contribution in [-0.2, 0) is 9.59 Å². The van der Waals surface area contributed by atoms with Gasteiger partial charge in [-0.3, -0.25) is 14.5 Å². The van der Waals surface area contributed by atoms with Crippen molar-refractivity contribution in [2.75, 3.05) is 11.4 Å². The molecule has 0 N–H and O–H groups in total. The van der Waals surface area contributed by atoms with E-state index in [4.69, 9.17) is 11.6 Å². The first-order valence-electron chi connectivity index (χ1n) is 4.88. The van der Waals surface area contributed by atoms with Gasteiger partial charge < -0.3 is 0 Å². The molecule has 1 amide bonds. The minimum absolute atomic E-state index is 0.0610. The Morgan fingerprint density at radius 1 is 1.35 bits per heavy atom. The van der Waals surface area contributed by atoms with Gasteiger partial charge in [0.05, 0.1) is 23.2 Å². The molecule has 0 unspecified atom stereocenters. The van der Waals surface area contributed by atoms with Crippen molar-refractivity contribution in [2.45, 2.75) is 6.42 Å². The van der Waals surface area contributed by atoms with Crippen LogP contribution in [0.25, 0.3) is 10.2 Å². The Morgan fingerprint density at radius 2 is 2.18 bits per heavy atom. The molecule has 86 valence electrons. The lowest BCUT2D eigenvalue weighted by molar-refractivity contribution is -0.121. The molecule has 1 saturated heterocycles. The number of amides is 1. The van der Waals surface area contributed by atoms with Crippen LogP contribution in [0.4, 0.5) is 5.82 Å². The van der Waals surface area contributed by atoms with E-state index in [1.807, 2.05) is 5.38 Å². The summed E-state index contributed by atoms with van der Waals surface area (Å²) >= 11 is 7.23. The fourth-order valence-electron chi connectivity index (χ4n) is 1.78. The zero-order chi connectivity index (χ0) is 12.0. The van der Waals surface area contributed by atoms with Crippen LogP contribution in [0.15, 0.2) is 11.4 Å². The molecule has 3 rings (SSSR count). The maximum atomic E-state index is 11.7. The third-order valence-electron chi connectivity index (χ3n) is 2.50. The van der Waals surface area contributed by atoms with Crippen LogP contribution in [0.5, 0.6) is 0 Å². The van der Waals surface area contributed by atoms with E-state index in [1.165, 1.54) is 16.2 Å². The highest BCUT2D eigenvalue weighted by atomic mass is 35.5. The topological polar surface area (TPSA) is 63.2 Å². The van der Waals surface area contributed by atoms with E-state index in [0.29, 0.717) is 11.3 Å². The Kier molecular flexibility index (Phi) is 2.34. The van der Waals surface area contributed by atoms with E-state index < -0.39 is 0 Å². The van der Waals surface area contributed by atoms with Crippen LogP contribution >= 0.6 is 22.9 Å². The number of Topliss-reactive ketones (excluding diaryl/α,β-unsaturated/α-hetero) is 1. The number of nitrogens with zero attached hydrogens (tertiary/aromatic N) is 3.